The van der Waals surface area contributed by atoms with Crippen molar-refractivity contribution in [3.63, 3.8) is 0 Å². The summed E-state index contributed by atoms with van der Waals surface area (Å²) in [4.78, 5) is 1.03. The van der Waals surface area contributed by atoms with Crippen LogP contribution in [0, 0.1) is 34.6 Å². The largest absolute Gasteiger partial charge is 0.450 e. The number of fused-ring (bicyclic) bond motifs is 1. The third kappa shape index (κ3) is 3.01. The summed E-state index contributed by atoms with van der Waals surface area (Å²) in [7, 11) is 0. The molecule has 0 heterocycles. The molecule has 0 N–H and O–H groups in total. The summed E-state index contributed by atoms with van der Waals surface area (Å²) in [5, 5.41) is 9.64. The van der Waals surface area contributed by atoms with Crippen LogP contribution in [0.25, 0.3) is 10.8 Å². The molecule has 0 fully saturated rings. The predicted molar refractivity (Wildman–Crippen MR) is 89.5 cm³/mol. The number of benzene rings is 3. The molecule has 0 amide bonds. The van der Waals surface area contributed by atoms with Gasteiger partial charge in [0.05, 0.1) is 0 Å². The van der Waals surface area contributed by atoms with E-state index in [1.807, 2.05) is 0 Å². The van der Waals surface area contributed by atoms with Gasteiger partial charge in [-0.3, -0.25) is 0 Å². The number of rotatable bonds is 2. The maximum absolute atomic E-state index is 14.1. The highest BCUT2D eigenvalue weighted by Crippen LogP contribution is 2.37. The van der Waals surface area contributed by atoms with E-state index in [0.29, 0.717) is 20.6 Å². The van der Waals surface area contributed by atoms with E-state index in [0.717, 1.165) is 6.07 Å². The van der Waals surface area contributed by atoms with Gasteiger partial charge in [-0.1, -0.05) is 0 Å². The monoisotopic (exact) mass is 381 g/mol. The summed E-state index contributed by atoms with van der Waals surface area (Å²) >= 11 is 8.36. The highest BCUT2D eigenvalue weighted by atomic mass is 32.1. The van der Waals surface area contributed by atoms with Crippen LogP contribution in [-0.2, 0) is 0 Å². The summed E-state index contributed by atoms with van der Waals surface area (Å²) in [6, 6.07) is 8.94. The van der Waals surface area contributed by atoms with Crippen LogP contribution in [0.4, 0.5) is 17.6 Å². The average Bonchev–Trinajstić information content (AvgIpc) is 2.56. The minimum absolute atomic E-state index is 0.0582. The fraction of sp³-hybridized carbons (Fsp3) is 0. The Morgan fingerprint density at radius 1 is 0.840 bits per heavy atom. The number of ether oxygens (including phenoxy) is 1. The van der Waals surface area contributed by atoms with E-state index >= 15 is 0 Å². The van der Waals surface area contributed by atoms with Crippen LogP contribution < -0.4 is 4.74 Å². The predicted octanol–water partition coefficient (Wildman–Crippen LogP) is 5.64. The molecule has 0 saturated carbocycles. The van der Waals surface area contributed by atoms with Gasteiger partial charge in [0.1, 0.15) is 17.4 Å². The quantitative estimate of drug-likeness (QED) is 0.342. The van der Waals surface area contributed by atoms with Crippen molar-refractivity contribution >= 4 is 36.0 Å². The van der Waals surface area contributed by atoms with E-state index in [-0.39, 0.29) is 5.75 Å². The standard InChI is InChI=1S/C17H7F4NOS2/c18-13-11(6-22)14(19)16(21)17(15(13)20)23-12-5-9(25)4-7-3-8(24)1-2-10(7)12/h1-5,24-25H. The molecule has 3 rings (SSSR count). The number of halogens is 4. The van der Waals surface area contributed by atoms with Crippen LogP contribution in [0.15, 0.2) is 40.1 Å². The fourth-order valence-electron chi connectivity index (χ4n) is 2.30. The molecule has 8 heteroatoms. The first-order valence-corrected chi connectivity index (χ1v) is 7.62. The SMILES string of the molecule is N#Cc1c(F)c(F)c(Oc2cc(S)cc3cc(S)ccc23)c(F)c1F. The van der Waals surface area contributed by atoms with Crippen molar-refractivity contribution in [1.29, 1.82) is 5.26 Å². The lowest BCUT2D eigenvalue weighted by molar-refractivity contribution is 0.366. The number of hydrogen-bond donors (Lipinski definition) is 2. The normalized spacial score (nSPS) is 10.8. The van der Waals surface area contributed by atoms with Gasteiger partial charge in [0.15, 0.2) is 11.6 Å². The third-order valence-electron chi connectivity index (χ3n) is 3.43. The Bertz CT molecular complexity index is 1030. The lowest BCUT2D eigenvalue weighted by Crippen LogP contribution is -2.04. The van der Waals surface area contributed by atoms with Crippen molar-refractivity contribution < 1.29 is 22.3 Å². The molecule has 0 aliphatic heterocycles. The van der Waals surface area contributed by atoms with E-state index in [1.165, 1.54) is 6.07 Å². The minimum Gasteiger partial charge on any atom is -0.450 e. The molecule has 0 aromatic heterocycles. The molecule has 0 unspecified atom stereocenters. The van der Waals surface area contributed by atoms with Gasteiger partial charge >= 0.3 is 0 Å². The first-order chi connectivity index (χ1) is 11.8. The first kappa shape index (κ1) is 17.5. The minimum atomic E-state index is -1.82. The van der Waals surface area contributed by atoms with Gasteiger partial charge in [-0.15, -0.1) is 25.3 Å². The van der Waals surface area contributed by atoms with Gasteiger partial charge < -0.3 is 4.74 Å². The van der Waals surface area contributed by atoms with Gasteiger partial charge in [-0.2, -0.15) is 14.0 Å². The summed E-state index contributed by atoms with van der Waals surface area (Å²) < 4.78 is 60.7. The summed E-state index contributed by atoms with van der Waals surface area (Å²) in [6.45, 7) is 0. The topological polar surface area (TPSA) is 33.0 Å². The fourth-order valence-corrected chi connectivity index (χ4v) is 2.77. The molecule has 0 radical (unpaired) electrons. The van der Waals surface area contributed by atoms with Crippen LogP contribution in [0.1, 0.15) is 5.56 Å². The molecule has 0 atom stereocenters. The summed E-state index contributed by atoms with van der Waals surface area (Å²) in [5.41, 5.74) is -1.35. The Balaban J connectivity index is 2.23. The second kappa shape index (κ2) is 6.50. The van der Waals surface area contributed by atoms with E-state index in [1.54, 1.807) is 24.3 Å². The Morgan fingerprint density at radius 2 is 1.44 bits per heavy atom. The van der Waals surface area contributed by atoms with Gasteiger partial charge in [-0.05, 0) is 35.7 Å². The maximum Gasteiger partial charge on any atom is 0.205 e. The van der Waals surface area contributed by atoms with E-state index in [2.05, 4.69) is 25.3 Å². The van der Waals surface area contributed by atoms with Gasteiger partial charge in [0.2, 0.25) is 17.4 Å². The zero-order valence-corrected chi connectivity index (χ0v) is 13.9. The Hall–Kier alpha value is -2.37. The summed E-state index contributed by atoms with van der Waals surface area (Å²) in [6.07, 6.45) is 0. The molecule has 3 aromatic carbocycles. The van der Waals surface area contributed by atoms with Crippen molar-refractivity contribution in [3.8, 4) is 17.6 Å². The highest BCUT2D eigenvalue weighted by molar-refractivity contribution is 7.80. The Labute approximate surface area is 150 Å². The molecular formula is C17H7F4NOS2. The third-order valence-corrected chi connectivity index (χ3v) is 3.97. The molecule has 0 spiro atoms. The van der Waals surface area contributed by atoms with Crippen molar-refractivity contribution in [2.24, 2.45) is 0 Å². The first-order valence-electron chi connectivity index (χ1n) is 6.73. The van der Waals surface area contributed by atoms with Crippen molar-refractivity contribution in [3.05, 3.63) is 59.2 Å². The Kier molecular flexibility index (Phi) is 4.54. The molecular weight excluding hydrogens is 374 g/mol. The lowest BCUT2D eigenvalue weighted by Gasteiger charge is -2.13. The van der Waals surface area contributed by atoms with Crippen molar-refractivity contribution in [2.75, 3.05) is 0 Å². The molecule has 0 aliphatic carbocycles. The van der Waals surface area contributed by atoms with Gasteiger partial charge in [0, 0.05) is 15.2 Å². The molecule has 0 bridgehead atoms. The zero-order chi connectivity index (χ0) is 18.3. The van der Waals surface area contributed by atoms with Crippen LogP contribution >= 0.6 is 25.3 Å². The van der Waals surface area contributed by atoms with Gasteiger partial charge in [0.25, 0.3) is 0 Å². The molecule has 25 heavy (non-hydrogen) atoms. The zero-order valence-electron chi connectivity index (χ0n) is 12.1. The van der Waals surface area contributed by atoms with E-state index in [4.69, 9.17) is 10.00 Å². The number of nitriles is 1. The van der Waals surface area contributed by atoms with E-state index in [9.17, 15) is 17.6 Å². The smallest absolute Gasteiger partial charge is 0.205 e. The number of nitrogens with zero attached hydrogens (tertiary/aromatic N) is 1. The van der Waals surface area contributed by atoms with E-state index < -0.39 is 34.6 Å². The number of hydrogen-bond acceptors (Lipinski definition) is 4. The van der Waals surface area contributed by atoms with Crippen LogP contribution in [-0.4, -0.2) is 0 Å². The Morgan fingerprint density at radius 3 is 2.04 bits per heavy atom. The number of thiol groups is 2. The molecule has 0 aliphatic rings. The summed E-state index contributed by atoms with van der Waals surface area (Å²) in [5.74, 6) is -8.56. The highest BCUT2D eigenvalue weighted by Gasteiger charge is 2.27. The van der Waals surface area contributed by atoms with Gasteiger partial charge in [-0.25, -0.2) is 8.78 Å². The van der Waals surface area contributed by atoms with Crippen molar-refractivity contribution in [2.45, 2.75) is 9.79 Å². The molecule has 2 nitrogen and oxygen atoms in total. The maximum atomic E-state index is 14.1. The second-order valence-electron chi connectivity index (χ2n) is 5.02. The molecule has 126 valence electrons. The van der Waals surface area contributed by atoms with Crippen LogP contribution in [0.2, 0.25) is 0 Å². The molecule has 0 saturated heterocycles. The average molecular weight is 381 g/mol. The van der Waals surface area contributed by atoms with Crippen LogP contribution in [0.3, 0.4) is 0 Å². The molecule has 3 aromatic rings. The lowest BCUT2D eigenvalue weighted by atomic mass is 10.1. The van der Waals surface area contributed by atoms with Crippen molar-refractivity contribution in [1.82, 2.24) is 0 Å². The van der Waals surface area contributed by atoms with Crippen LogP contribution in [0.5, 0.6) is 11.5 Å². The second-order valence-corrected chi connectivity index (χ2v) is 6.06.